The third kappa shape index (κ3) is 3.77. The van der Waals surface area contributed by atoms with Gasteiger partial charge in [0, 0.05) is 5.56 Å². The zero-order valence-electron chi connectivity index (χ0n) is 15.2. The molecule has 0 bridgehead atoms. The van der Waals surface area contributed by atoms with Gasteiger partial charge in [0.25, 0.3) is 5.69 Å². The lowest BCUT2D eigenvalue weighted by molar-refractivity contribution is -0.385. The summed E-state index contributed by atoms with van der Waals surface area (Å²) in [4.78, 5) is 10.6. The molecule has 0 aliphatic carbocycles. The molecule has 3 rings (SSSR count). The summed E-state index contributed by atoms with van der Waals surface area (Å²) < 4.78 is 5.81. The quantitative estimate of drug-likeness (QED) is 0.621. The van der Waals surface area contributed by atoms with Crippen LogP contribution in [0.4, 0.5) is 5.69 Å². The molecule has 2 atom stereocenters. The minimum Gasteiger partial charge on any atom is -0.484 e. The van der Waals surface area contributed by atoms with E-state index in [1.165, 1.54) is 12.1 Å². The molecule has 7 heteroatoms. The van der Waals surface area contributed by atoms with Gasteiger partial charge in [0.1, 0.15) is 29.1 Å². The first-order valence-corrected chi connectivity index (χ1v) is 8.70. The molecule has 2 aromatic carbocycles. The number of nitrogens with zero attached hydrogens (tertiary/aromatic N) is 2. The number of rotatable bonds is 5. The minimum absolute atomic E-state index is 0.0517. The molecule has 0 amide bonds. The molecule has 0 saturated carbocycles. The third-order valence-corrected chi connectivity index (χ3v) is 4.80. The number of nitro groups is 1. The maximum absolute atomic E-state index is 11.2. The average Bonchev–Trinajstić information content (AvgIpc) is 2.64. The standard InChI is InChI=1S/C20H21N3O4/c1-20(2)19(24)18(22-9-8-13-6-4-3-5-7-13)15-10-14(12-21)16(23(25)26)11-17(15)27-20/h3-7,10-11,18-19,22,24H,8-9H2,1-2H3. The maximum Gasteiger partial charge on any atom is 0.290 e. The maximum atomic E-state index is 11.2. The summed E-state index contributed by atoms with van der Waals surface area (Å²) in [5.41, 5.74) is 0.430. The molecule has 2 N–H and O–H groups in total. The summed E-state index contributed by atoms with van der Waals surface area (Å²) in [6.07, 6.45) is -0.118. The molecule has 2 aromatic rings. The van der Waals surface area contributed by atoms with E-state index in [9.17, 15) is 20.5 Å². The van der Waals surface area contributed by atoms with E-state index < -0.39 is 22.7 Å². The van der Waals surface area contributed by atoms with Crippen LogP contribution in [0, 0.1) is 21.4 Å². The number of hydrogen-bond acceptors (Lipinski definition) is 6. The number of ether oxygens (including phenoxy) is 1. The van der Waals surface area contributed by atoms with Crippen LogP contribution in [0.25, 0.3) is 0 Å². The fourth-order valence-electron chi connectivity index (χ4n) is 3.31. The summed E-state index contributed by atoms with van der Waals surface area (Å²) in [6, 6.07) is 14.0. The Kier molecular flexibility index (Phi) is 5.13. The topological polar surface area (TPSA) is 108 Å². The molecular formula is C20H21N3O4. The van der Waals surface area contributed by atoms with Gasteiger partial charge in [-0.05, 0) is 38.4 Å². The van der Waals surface area contributed by atoms with Crippen LogP contribution >= 0.6 is 0 Å². The summed E-state index contributed by atoms with van der Waals surface area (Å²) in [5.74, 6) is 0.313. The smallest absolute Gasteiger partial charge is 0.290 e. The van der Waals surface area contributed by atoms with Gasteiger partial charge in [-0.2, -0.15) is 5.26 Å². The molecule has 1 aliphatic heterocycles. The first-order valence-electron chi connectivity index (χ1n) is 8.70. The number of hydrogen-bond donors (Lipinski definition) is 2. The predicted molar refractivity (Wildman–Crippen MR) is 99.4 cm³/mol. The summed E-state index contributed by atoms with van der Waals surface area (Å²) in [7, 11) is 0. The van der Waals surface area contributed by atoms with Crippen LogP contribution in [0.3, 0.4) is 0 Å². The molecule has 0 radical (unpaired) electrons. The molecular weight excluding hydrogens is 346 g/mol. The summed E-state index contributed by atoms with van der Waals surface area (Å²) in [5, 5.41) is 34.6. The number of fused-ring (bicyclic) bond motifs is 1. The Morgan fingerprint density at radius 2 is 2.04 bits per heavy atom. The molecule has 1 aliphatic rings. The molecule has 2 unspecified atom stereocenters. The highest BCUT2D eigenvalue weighted by molar-refractivity contribution is 5.58. The van der Waals surface area contributed by atoms with Gasteiger partial charge >= 0.3 is 0 Å². The first-order chi connectivity index (χ1) is 12.8. The highest BCUT2D eigenvalue weighted by Gasteiger charge is 2.43. The van der Waals surface area contributed by atoms with Gasteiger partial charge in [-0.25, -0.2) is 0 Å². The Morgan fingerprint density at radius 1 is 1.33 bits per heavy atom. The highest BCUT2D eigenvalue weighted by Crippen LogP contribution is 2.42. The van der Waals surface area contributed by atoms with Crippen molar-refractivity contribution in [3.05, 3.63) is 69.3 Å². The van der Waals surface area contributed by atoms with Crippen LogP contribution < -0.4 is 10.1 Å². The van der Waals surface area contributed by atoms with Gasteiger partial charge in [-0.1, -0.05) is 30.3 Å². The predicted octanol–water partition coefficient (Wildman–Crippen LogP) is 2.87. The average molecular weight is 367 g/mol. The number of nitrogens with one attached hydrogen (secondary N) is 1. The Labute approximate surface area is 157 Å². The molecule has 0 aromatic heterocycles. The van der Waals surface area contributed by atoms with Gasteiger partial charge in [0.15, 0.2) is 0 Å². The van der Waals surface area contributed by atoms with Crippen LogP contribution in [0.2, 0.25) is 0 Å². The minimum atomic E-state index is -0.931. The Hall–Kier alpha value is -2.95. The lowest BCUT2D eigenvalue weighted by Gasteiger charge is -2.42. The highest BCUT2D eigenvalue weighted by atomic mass is 16.6. The monoisotopic (exact) mass is 367 g/mol. The van der Waals surface area contributed by atoms with Crippen molar-refractivity contribution in [1.29, 1.82) is 5.26 Å². The van der Waals surface area contributed by atoms with Crippen molar-refractivity contribution in [2.45, 2.75) is 38.0 Å². The van der Waals surface area contributed by atoms with Crippen LogP contribution in [0.5, 0.6) is 5.75 Å². The van der Waals surface area contributed by atoms with Crippen LogP contribution in [0.1, 0.15) is 36.6 Å². The summed E-state index contributed by atoms with van der Waals surface area (Å²) >= 11 is 0. The summed E-state index contributed by atoms with van der Waals surface area (Å²) in [6.45, 7) is 4.06. The fraction of sp³-hybridized carbons (Fsp3) is 0.350. The second-order valence-corrected chi connectivity index (χ2v) is 7.09. The van der Waals surface area contributed by atoms with E-state index in [1.807, 2.05) is 36.4 Å². The molecule has 0 saturated heterocycles. The van der Waals surface area contributed by atoms with E-state index in [0.29, 0.717) is 17.9 Å². The van der Waals surface area contributed by atoms with E-state index in [1.54, 1.807) is 13.8 Å². The van der Waals surface area contributed by atoms with Gasteiger partial charge in [-0.3, -0.25) is 10.1 Å². The second-order valence-electron chi connectivity index (χ2n) is 7.09. The van der Waals surface area contributed by atoms with E-state index in [-0.39, 0.29) is 11.3 Å². The van der Waals surface area contributed by atoms with Gasteiger partial charge in [-0.15, -0.1) is 0 Å². The van der Waals surface area contributed by atoms with Crippen LogP contribution in [0.15, 0.2) is 42.5 Å². The van der Waals surface area contributed by atoms with E-state index in [4.69, 9.17) is 4.74 Å². The van der Waals surface area contributed by atoms with Crippen molar-refractivity contribution < 1.29 is 14.8 Å². The van der Waals surface area contributed by atoms with Crippen molar-refractivity contribution in [1.82, 2.24) is 5.32 Å². The van der Waals surface area contributed by atoms with Crippen molar-refractivity contribution in [2.75, 3.05) is 6.54 Å². The van der Waals surface area contributed by atoms with Crippen LogP contribution in [-0.4, -0.2) is 28.3 Å². The van der Waals surface area contributed by atoms with Gasteiger partial charge in [0.05, 0.1) is 17.0 Å². The van der Waals surface area contributed by atoms with Crippen molar-refractivity contribution in [3.63, 3.8) is 0 Å². The van der Waals surface area contributed by atoms with Crippen molar-refractivity contribution in [2.24, 2.45) is 0 Å². The molecule has 0 fully saturated rings. The number of aliphatic hydroxyl groups is 1. The first kappa shape index (κ1) is 18.8. The molecule has 140 valence electrons. The zero-order valence-corrected chi connectivity index (χ0v) is 15.2. The lowest BCUT2D eigenvalue weighted by Crippen LogP contribution is -2.52. The van der Waals surface area contributed by atoms with Crippen molar-refractivity contribution in [3.8, 4) is 11.8 Å². The van der Waals surface area contributed by atoms with E-state index >= 15 is 0 Å². The number of aliphatic hydroxyl groups excluding tert-OH is 1. The Morgan fingerprint density at radius 3 is 2.67 bits per heavy atom. The fourth-order valence-corrected chi connectivity index (χ4v) is 3.31. The number of nitriles is 1. The molecule has 0 spiro atoms. The molecule has 7 nitrogen and oxygen atoms in total. The molecule has 27 heavy (non-hydrogen) atoms. The van der Waals surface area contributed by atoms with E-state index in [2.05, 4.69) is 5.32 Å². The Balaban J connectivity index is 1.91. The van der Waals surface area contributed by atoms with Gasteiger partial charge in [0.2, 0.25) is 0 Å². The third-order valence-electron chi connectivity index (χ3n) is 4.80. The molecule has 1 heterocycles. The number of nitro benzene ring substituents is 1. The van der Waals surface area contributed by atoms with Crippen molar-refractivity contribution >= 4 is 5.69 Å². The Bertz CT molecular complexity index is 890. The zero-order chi connectivity index (χ0) is 19.6. The second kappa shape index (κ2) is 7.35. The van der Waals surface area contributed by atoms with Gasteiger partial charge < -0.3 is 15.2 Å². The number of benzene rings is 2. The van der Waals surface area contributed by atoms with E-state index in [0.717, 1.165) is 12.0 Å². The largest absolute Gasteiger partial charge is 0.484 e. The lowest BCUT2D eigenvalue weighted by atomic mass is 9.85. The normalized spacial score (nSPS) is 20.2. The SMILES string of the molecule is CC1(C)Oc2cc([N+](=O)[O-])c(C#N)cc2C(NCCc2ccccc2)C1O. The van der Waals surface area contributed by atoms with Crippen LogP contribution in [-0.2, 0) is 6.42 Å².